The third-order valence-electron chi connectivity index (χ3n) is 4.62. The highest BCUT2D eigenvalue weighted by atomic mass is 19.1. The van der Waals surface area contributed by atoms with E-state index in [0.29, 0.717) is 0 Å². The molecule has 3 rings (SSSR count). The lowest BCUT2D eigenvalue weighted by Crippen LogP contribution is -2.34. The second-order valence-corrected chi connectivity index (χ2v) is 6.29. The van der Waals surface area contributed by atoms with Crippen LogP contribution in [0.25, 0.3) is 11.3 Å². The average molecular weight is 304 g/mol. The lowest BCUT2D eigenvalue weighted by atomic mass is 9.71. The average Bonchev–Trinajstić information content (AvgIpc) is 2.51. The van der Waals surface area contributed by atoms with Crippen LogP contribution in [0, 0.1) is 11.6 Å². The lowest BCUT2D eigenvalue weighted by Gasteiger charge is -2.35. The number of hydrogen-bond acceptors (Lipinski definition) is 3. The molecule has 0 radical (unpaired) electrons. The first-order valence-electron chi connectivity index (χ1n) is 7.39. The van der Waals surface area contributed by atoms with Gasteiger partial charge in [-0.25, -0.2) is 8.78 Å². The summed E-state index contributed by atoms with van der Waals surface area (Å²) in [4.78, 5) is 0. The minimum Gasteiger partial charge on any atom is -0.395 e. The molecule has 2 aromatic rings. The largest absolute Gasteiger partial charge is 0.395 e. The van der Waals surface area contributed by atoms with Crippen molar-refractivity contribution in [3.63, 3.8) is 0 Å². The van der Waals surface area contributed by atoms with Gasteiger partial charge in [-0.1, -0.05) is 19.9 Å². The molecule has 5 heteroatoms. The number of halogens is 2. The van der Waals surface area contributed by atoms with Gasteiger partial charge in [0, 0.05) is 5.41 Å². The minimum atomic E-state index is -0.650. The Morgan fingerprint density at radius 2 is 1.95 bits per heavy atom. The molecule has 1 aromatic carbocycles. The van der Waals surface area contributed by atoms with Crippen LogP contribution >= 0.6 is 0 Å². The summed E-state index contributed by atoms with van der Waals surface area (Å²) in [6.07, 6.45) is 1.72. The van der Waals surface area contributed by atoms with E-state index < -0.39 is 17.0 Å². The maximum atomic E-state index is 13.9. The van der Waals surface area contributed by atoms with Crippen LogP contribution in [0.2, 0.25) is 0 Å². The van der Waals surface area contributed by atoms with Gasteiger partial charge >= 0.3 is 0 Å². The summed E-state index contributed by atoms with van der Waals surface area (Å²) in [6.45, 7) is 3.98. The van der Waals surface area contributed by atoms with E-state index in [1.165, 1.54) is 18.2 Å². The summed E-state index contributed by atoms with van der Waals surface area (Å²) >= 11 is 0. The molecule has 1 aliphatic carbocycles. The molecule has 2 atom stereocenters. The Kier molecular flexibility index (Phi) is 3.68. The molecule has 0 saturated carbocycles. The van der Waals surface area contributed by atoms with Crippen molar-refractivity contribution in [3.8, 4) is 11.3 Å². The third-order valence-corrected chi connectivity index (χ3v) is 4.62. The molecule has 22 heavy (non-hydrogen) atoms. The Bertz CT molecular complexity index is 700. The number of nitrogens with zero attached hydrogens (tertiary/aromatic N) is 2. The molecular weight excluding hydrogens is 286 g/mol. The molecule has 0 saturated heterocycles. The summed E-state index contributed by atoms with van der Waals surface area (Å²) in [5.41, 5.74) is 1.25. The van der Waals surface area contributed by atoms with Crippen molar-refractivity contribution in [1.82, 2.24) is 10.2 Å². The zero-order chi connectivity index (χ0) is 15.9. The number of rotatable bonds is 2. The van der Waals surface area contributed by atoms with Gasteiger partial charge in [0.15, 0.2) is 0 Å². The first-order valence-corrected chi connectivity index (χ1v) is 7.39. The Morgan fingerprint density at radius 1 is 1.27 bits per heavy atom. The van der Waals surface area contributed by atoms with E-state index in [4.69, 9.17) is 0 Å². The quantitative estimate of drug-likeness (QED) is 0.922. The highest BCUT2D eigenvalue weighted by Gasteiger charge is 2.36. The van der Waals surface area contributed by atoms with Crippen LogP contribution in [0.3, 0.4) is 0 Å². The van der Waals surface area contributed by atoms with Gasteiger partial charge in [-0.2, -0.15) is 10.2 Å². The summed E-state index contributed by atoms with van der Waals surface area (Å²) < 4.78 is 27.9. The fraction of sp³-hybridized carbons (Fsp3) is 0.412. The van der Waals surface area contributed by atoms with Crippen molar-refractivity contribution in [2.45, 2.75) is 38.0 Å². The van der Waals surface area contributed by atoms with E-state index in [1.807, 2.05) is 6.92 Å². The van der Waals surface area contributed by atoms with Gasteiger partial charge in [0.25, 0.3) is 0 Å². The summed E-state index contributed by atoms with van der Waals surface area (Å²) in [5, 5.41) is 17.9. The van der Waals surface area contributed by atoms with Crippen LogP contribution in [0.1, 0.15) is 43.9 Å². The van der Waals surface area contributed by atoms with Crippen molar-refractivity contribution in [1.29, 1.82) is 0 Å². The van der Waals surface area contributed by atoms with E-state index in [0.717, 1.165) is 24.1 Å². The first-order chi connectivity index (χ1) is 10.5. The minimum absolute atomic E-state index is 0.0190. The van der Waals surface area contributed by atoms with E-state index in [9.17, 15) is 13.9 Å². The van der Waals surface area contributed by atoms with Crippen molar-refractivity contribution < 1.29 is 13.9 Å². The number of aliphatic hydroxyl groups excluding tert-OH is 1. The Balaban J connectivity index is 2.17. The molecule has 1 N–H and O–H groups in total. The van der Waals surface area contributed by atoms with Gasteiger partial charge in [0.05, 0.1) is 23.6 Å². The van der Waals surface area contributed by atoms with Gasteiger partial charge in [-0.15, -0.1) is 0 Å². The van der Waals surface area contributed by atoms with Gasteiger partial charge in [-0.05, 0) is 42.5 Å². The molecule has 116 valence electrons. The monoisotopic (exact) mass is 304 g/mol. The molecule has 1 aromatic heterocycles. The summed E-state index contributed by atoms with van der Waals surface area (Å²) in [7, 11) is 0. The summed E-state index contributed by atoms with van der Waals surface area (Å²) in [5.74, 6) is -1.08. The molecule has 0 spiro atoms. The molecule has 0 unspecified atom stereocenters. The molecular formula is C17H18F2N2O. The van der Waals surface area contributed by atoms with Gasteiger partial charge in [0.2, 0.25) is 0 Å². The summed E-state index contributed by atoms with van der Waals surface area (Å²) in [6, 6.07) is 5.45. The van der Waals surface area contributed by atoms with Crippen LogP contribution in [-0.4, -0.2) is 21.9 Å². The number of aromatic nitrogens is 2. The Morgan fingerprint density at radius 3 is 2.59 bits per heavy atom. The zero-order valence-electron chi connectivity index (χ0n) is 12.6. The predicted octanol–water partition coefficient (Wildman–Crippen LogP) is 3.57. The molecule has 0 fully saturated rings. The maximum absolute atomic E-state index is 13.9. The fourth-order valence-corrected chi connectivity index (χ4v) is 3.08. The topological polar surface area (TPSA) is 46.0 Å². The molecule has 3 nitrogen and oxygen atoms in total. The lowest BCUT2D eigenvalue weighted by molar-refractivity contribution is 0.179. The smallest absolute Gasteiger partial charge is 0.135 e. The van der Waals surface area contributed by atoms with E-state index in [-0.39, 0.29) is 23.8 Å². The Labute approximate surface area is 128 Å². The van der Waals surface area contributed by atoms with Crippen LogP contribution in [0.5, 0.6) is 0 Å². The molecule has 0 bridgehead atoms. The van der Waals surface area contributed by atoms with Crippen LogP contribution in [0.4, 0.5) is 8.78 Å². The van der Waals surface area contributed by atoms with Crippen molar-refractivity contribution in [3.05, 3.63) is 47.2 Å². The highest BCUT2D eigenvalue weighted by Crippen LogP contribution is 2.42. The normalized spacial score (nSPS) is 24.1. The first kappa shape index (κ1) is 15.0. The number of hydrogen-bond donors (Lipinski definition) is 1. The van der Waals surface area contributed by atoms with Crippen LogP contribution in [-0.2, 0) is 5.41 Å². The van der Waals surface area contributed by atoms with Crippen molar-refractivity contribution in [2.75, 3.05) is 6.61 Å². The second-order valence-electron chi connectivity index (χ2n) is 6.29. The molecule has 0 aliphatic heterocycles. The van der Waals surface area contributed by atoms with Gasteiger partial charge in [-0.3, -0.25) is 0 Å². The maximum Gasteiger partial charge on any atom is 0.135 e. The van der Waals surface area contributed by atoms with E-state index in [2.05, 4.69) is 17.1 Å². The van der Waals surface area contributed by atoms with Crippen LogP contribution < -0.4 is 0 Å². The van der Waals surface area contributed by atoms with E-state index in [1.54, 1.807) is 6.07 Å². The number of aliphatic hydroxyl groups is 1. The highest BCUT2D eigenvalue weighted by molar-refractivity contribution is 5.61. The second kappa shape index (κ2) is 5.39. The number of benzene rings is 1. The molecule has 1 heterocycles. The third kappa shape index (κ3) is 2.29. The van der Waals surface area contributed by atoms with E-state index >= 15 is 0 Å². The number of fused-ring (bicyclic) bond motifs is 1. The van der Waals surface area contributed by atoms with Gasteiger partial charge in [0.1, 0.15) is 11.6 Å². The van der Waals surface area contributed by atoms with Gasteiger partial charge < -0.3 is 5.11 Å². The Hall–Kier alpha value is -1.88. The SMILES string of the molecule is C[C@H]1CC[C@](C)(CO)c2nnc(-c3c(F)cccc3F)cc21. The fourth-order valence-electron chi connectivity index (χ4n) is 3.08. The zero-order valence-corrected chi connectivity index (χ0v) is 12.6. The van der Waals surface area contributed by atoms with Crippen molar-refractivity contribution in [2.24, 2.45) is 0 Å². The molecule has 0 amide bonds. The van der Waals surface area contributed by atoms with Crippen LogP contribution in [0.15, 0.2) is 24.3 Å². The standard InChI is InChI=1S/C17H18F2N2O/c1-10-6-7-17(2,9-22)16-11(10)8-14(20-21-16)15-12(18)4-3-5-13(15)19/h3-5,8,10,22H,6-7,9H2,1-2H3/t10-,17+/m0/s1. The van der Waals surface area contributed by atoms with Crippen molar-refractivity contribution >= 4 is 0 Å². The predicted molar refractivity (Wildman–Crippen MR) is 79.5 cm³/mol. The molecule has 1 aliphatic rings.